The molecule has 1 atom stereocenters. The summed E-state index contributed by atoms with van der Waals surface area (Å²) in [6.45, 7) is 3.72. The molecule has 114 valence electrons. The van der Waals surface area contributed by atoms with Gasteiger partial charge in [-0.1, -0.05) is 13.3 Å². The van der Waals surface area contributed by atoms with Crippen LogP contribution in [-0.4, -0.2) is 32.7 Å². The molecule has 0 spiro atoms. The zero-order valence-corrected chi connectivity index (χ0v) is 12.9. The summed E-state index contributed by atoms with van der Waals surface area (Å²) in [7, 11) is 0. The highest BCUT2D eigenvalue weighted by Gasteiger charge is 2.20. The number of nitrogens with zero attached hydrogens (tertiary/aromatic N) is 2. The molecule has 2 aromatic heterocycles. The number of carbonyl (C=O) groups excluding carboxylic acids is 1. The number of aliphatic hydroxyl groups is 1. The minimum absolute atomic E-state index is 0.0974. The summed E-state index contributed by atoms with van der Waals surface area (Å²) in [5.74, 6) is -0.315. The van der Waals surface area contributed by atoms with Crippen LogP contribution in [-0.2, 0) is 11.3 Å². The summed E-state index contributed by atoms with van der Waals surface area (Å²) in [6.07, 6.45) is 2.82. The van der Waals surface area contributed by atoms with Crippen molar-refractivity contribution < 1.29 is 9.90 Å². The molecule has 1 amide bonds. The SMILES string of the molecule is CCCC(C)(O)CNC(=O)Cn1cnc2sccc2c1=O. The minimum atomic E-state index is -0.926. The first-order valence-corrected chi connectivity index (χ1v) is 7.72. The smallest absolute Gasteiger partial charge is 0.262 e. The molecule has 21 heavy (non-hydrogen) atoms. The molecule has 2 aromatic rings. The Morgan fingerprint density at radius 3 is 3.05 bits per heavy atom. The lowest BCUT2D eigenvalue weighted by Crippen LogP contribution is -2.42. The molecule has 0 saturated carbocycles. The van der Waals surface area contributed by atoms with E-state index in [0.29, 0.717) is 16.6 Å². The van der Waals surface area contributed by atoms with E-state index in [0.717, 1.165) is 6.42 Å². The Labute approximate surface area is 126 Å². The van der Waals surface area contributed by atoms with Gasteiger partial charge in [-0.25, -0.2) is 4.98 Å². The monoisotopic (exact) mass is 309 g/mol. The Morgan fingerprint density at radius 1 is 1.57 bits per heavy atom. The Morgan fingerprint density at radius 2 is 2.33 bits per heavy atom. The molecule has 7 heteroatoms. The Kier molecular flexibility index (Phi) is 4.74. The van der Waals surface area contributed by atoms with E-state index in [1.165, 1.54) is 22.2 Å². The summed E-state index contributed by atoms with van der Waals surface area (Å²) in [5, 5.41) is 15.0. The van der Waals surface area contributed by atoms with Gasteiger partial charge in [0, 0.05) is 6.54 Å². The third kappa shape index (κ3) is 3.89. The van der Waals surface area contributed by atoms with Gasteiger partial charge in [0.25, 0.3) is 5.56 Å². The maximum atomic E-state index is 12.1. The molecule has 2 heterocycles. The molecular weight excluding hydrogens is 290 g/mol. The molecule has 0 saturated heterocycles. The third-order valence-electron chi connectivity index (χ3n) is 3.22. The van der Waals surface area contributed by atoms with E-state index >= 15 is 0 Å². The normalized spacial score (nSPS) is 14.0. The quantitative estimate of drug-likeness (QED) is 0.837. The van der Waals surface area contributed by atoms with Crippen LogP contribution in [0.2, 0.25) is 0 Å². The molecule has 0 radical (unpaired) electrons. The average molecular weight is 309 g/mol. The maximum absolute atomic E-state index is 12.1. The number of carbonyl (C=O) groups is 1. The van der Waals surface area contributed by atoms with Gasteiger partial charge in [0.2, 0.25) is 5.91 Å². The van der Waals surface area contributed by atoms with Crippen LogP contribution in [0, 0.1) is 0 Å². The minimum Gasteiger partial charge on any atom is -0.388 e. The number of thiophene rings is 1. The van der Waals surface area contributed by atoms with Crippen LogP contribution < -0.4 is 10.9 Å². The molecule has 0 bridgehead atoms. The van der Waals surface area contributed by atoms with E-state index in [2.05, 4.69) is 10.3 Å². The molecule has 0 aromatic carbocycles. The van der Waals surface area contributed by atoms with Gasteiger partial charge < -0.3 is 10.4 Å². The van der Waals surface area contributed by atoms with Crippen molar-refractivity contribution >= 4 is 27.5 Å². The molecule has 2 rings (SSSR count). The number of aromatic nitrogens is 2. The van der Waals surface area contributed by atoms with Gasteiger partial charge in [0.15, 0.2) is 0 Å². The lowest BCUT2D eigenvalue weighted by Gasteiger charge is -2.22. The van der Waals surface area contributed by atoms with E-state index in [9.17, 15) is 14.7 Å². The van der Waals surface area contributed by atoms with Crippen LogP contribution in [0.25, 0.3) is 10.2 Å². The highest BCUT2D eigenvalue weighted by molar-refractivity contribution is 7.16. The predicted octanol–water partition coefficient (Wildman–Crippen LogP) is 1.13. The number of hydrogen-bond donors (Lipinski definition) is 2. The number of amides is 1. The topological polar surface area (TPSA) is 84.2 Å². The second-order valence-electron chi connectivity index (χ2n) is 5.34. The third-order valence-corrected chi connectivity index (χ3v) is 4.04. The number of hydrogen-bond acceptors (Lipinski definition) is 5. The van der Waals surface area contributed by atoms with Gasteiger partial charge in [-0.3, -0.25) is 14.2 Å². The fourth-order valence-corrected chi connectivity index (χ4v) is 2.86. The maximum Gasteiger partial charge on any atom is 0.262 e. The summed E-state index contributed by atoms with van der Waals surface area (Å²) in [6, 6.07) is 1.70. The van der Waals surface area contributed by atoms with E-state index in [-0.39, 0.29) is 24.6 Å². The van der Waals surface area contributed by atoms with Crippen molar-refractivity contribution in [2.45, 2.75) is 38.8 Å². The zero-order valence-electron chi connectivity index (χ0n) is 12.1. The Balaban J connectivity index is 2.01. The molecule has 2 N–H and O–H groups in total. The molecule has 0 fully saturated rings. The number of fused-ring (bicyclic) bond motifs is 1. The zero-order chi connectivity index (χ0) is 15.5. The highest BCUT2D eigenvalue weighted by atomic mass is 32.1. The molecular formula is C14H19N3O3S. The first-order valence-electron chi connectivity index (χ1n) is 6.84. The Bertz CT molecular complexity index is 690. The van der Waals surface area contributed by atoms with Crippen LogP contribution in [0.1, 0.15) is 26.7 Å². The van der Waals surface area contributed by atoms with Gasteiger partial charge in [0.05, 0.1) is 17.3 Å². The lowest BCUT2D eigenvalue weighted by molar-refractivity contribution is -0.122. The van der Waals surface area contributed by atoms with Crippen LogP contribution in [0.4, 0.5) is 0 Å². The second kappa shape index (κ2) is 6.36. The van der Waals surface area contributed by atoms with Gasteiger partial charge in [-0.15, -0.1) is 11.3 Å². The molecule has 0 aliphatic heterocycles. The van der Waals surface area contributed by atoms with E-state index in [1.807, 2.05) is 6.92 Å². The van der Waals surface area contributed by atoms with Crippen molar-refractivity contribution in [3.63, 3.8) is 0 Å². The largest absolute Gasteiger partial charge is 0.388 e. The predicted molar refractivity (Wildman–Crippen MR) is 82.4 cm³/mol. The lowest BCUT2D eigenvalue weighted by atomic mass is 10.0. The van der Waals surface area contributed by atoms with Crippen molar-refractivity contribution in [1.82, 2.24) is 14.9 Å². The van der Waals surface area contributed by atoms with Crippen molar-refractivity contribution in [2.75, 3.05) is 6.54 Å². The molecule has 0 aliphatic carbocycles. The van der Waals surface area contributed by atoms with Crippen molar-refractivity contribution in [2.24, 2.45) is 0 Å². The van der Waals surface area contributed by atoms with Crippen LogP contribution in [0.3, 0.4) is 0 Å². The average Bonchev–Trinajstić information content (AvgIpc) is 2.89. The standard InChI is InChI=1S/C14H19N3O3S/c1-3-5-14(2,20)8-15-11(18)7-17-9-16-12-10(13(17)19)4-6-21-12/h4,6,9,20H,3,5,7-8H2,1-2H3,(H,15,18). The van der Waals surface area contributed by atoms with E-state index in [1.54, 1.807) is 18.4 Å². The highest BCUT2D eigenvalue weighted by Crippen LogP contribution is 2.13. The number of rotatable bonds is 6. The van der Waals surface area contributed by atoms with Crippen LogP contribution in [0.5, 0.6) is 0 Å². The molecule has 0 aliphatic rings. The molecule has 1 unspecified atom stereocenters. The first-order chi connectivity index (χ1) is 9.93. The first kappa shape index (κ1) is 15.7. The van der Waals surface area contributed by atoms with Crippen LogP contribution in [0.15, 0.2) is 22.6 Å². The fraction of sp³-hybridized carbons (Fsp3) is 0.500. The van der Waals surface area contributed by atoms with Crippen molar-refractivity contribution in [1.29, 1.82) is 0 Å². The second-order valence-corrected chi connectivity index (χ2v) is 6.24. The summed E-state index contributed by atoms with van der Waals surface area (Å²) in [5.41, 5.74) is -1.15. The fourth-order valence-electron chi connectivity index (χ4n) is 2.13. The van der Waals surface area contributed by atoms with Gasteiger partial charge in [-0.2, -0.15) is 0 Å². The van der Waals surface area contributed by atoms with Gasteiger partial charge in [0.1, 0.15) is 11.4 Å². The summed E-state index contributed by atoms with van der Waals surface area (Å²) >= 11 is 1.39. The Hall–Kier alpha value is -1.73. The van der Waals surface area contributed by atoms with Gasteiger partial charge >= 0.3 is 0 Å². The van der Waals surface area contributed by atoms with Crippen molar-refractivity contribution in [3.05, 3.63) is 28.1 Å². The number of nitrogens with one attached hydrogen (secondary N) is 1. The summed E-state index contributed by atoms with van der Waals surface area (Å²) in [4.78, 5) is 28.8. The van der Waals surface area contributed by atoms with Gasteiger partial charge in [-0.05, 0) is 24.8 Å². The van der Waals surface area contributed by atoms with E-state index < -0.39 is 5.60 Å². The molecule has 6 nitrogen and oxygen atoms in total. The van der Waals surface area contributed by atoms with Crippen molar-refractivity contribution in [3.8, 4) is 0 Å². The van der Waals surface area contributed by atoms with E-state index in [4.69, 9.17) is 0 Å². The summed E-state index contributed by atoms with van der Waals surface area (Å²) < 4.78 is 1.28. The van der Waals surface area contributed by atoms with Crippen LogP contribution >= 0.6 is 11.3 Å².